The van der Waals surface area contributed by atoms with Gasteiger partial charge in [-0.25, -0.2) is 0 Å². The topological polar surface area (TPSA) is 66.8 Å². The number of carbonyl (C=O) groups is 1. The molecule has 1 aliphatic heterocycles. The smallest absolute Gasteiger partial charge is 0.306 e. The number of aliphatic hydroxyl groups excluding tert-OH is 2. The largest absolute Gasteiger partial charge is 0.463 e. The molecular formula is C10H16O4. The summed E-state index contributed by atoms with van der Waals surface area (Å²) in [5.74, 6) is -0.320. The number of carbonyl (C=O) groups excluding carboxylic acids is 1. The predicted octanol–water partition coefficient (Wildman–Crippen LogP) is 0.380. The number of hydrogen-bond acceptors (Lipinski definition) is 4. The van der Waals surface area contributed by atoms with Crippen LogP contribution in [0.5, 0.6) is 0 Å². The highest BCUT2D eigenvalue weighted by atomic mass is 16.5. The van der Waals surface area contributed by atoms with Gasteiger partial charge in [-0.2, -0.15) is 0 Å². The number of ether oxygens (including phenoxy) is 1. The average molecular weight is 200 g/mol. The minimum absolute atomic E-state index is 0.214. The molecule has 4 nitrogen and oxygen atoms in total. The monoisotopic (exact) mass is 200 g/mol. The third-order valence-electron chi connectivity index (χ3n) is 2.11. The van der Waals surface area contributed by atoms with Crippen LogP contribution in [0.1, 0.15) is 26.2 Å². The van der Waals surface area contributed by atoms with Gasteiger partial charge in [-0.15, -0.1) is 0 Å². The molecule has 1 heterocycles. The molecule has 14 heavy (non-hydrogen) atoms. The van der Waals surface area contributed by atoms with E-state index in [1.54, 1.807) is 13.0 Å². The summed E-state index contributed by atoms with van der Waals surface area (Å²) in [6.45, 7) is 1.74. The van der Waals surface area contributed by atoms with E-state index in [1.165, 1.54) is 6.08 Å². The van der Waals surface area contributed by atoms with Crippen LogP contribution in [0.4, 0.5) is 0 Å². The maximum Gasteiger partial charge on any atom is 0.306 e. The molecular weight excluding hydrogens is 184 g/mol. The number of cyclic esters (lactones) is 1. The summed E-state index contributed by atoms with van der Waals surface area (Å²) in [4.78, 5) is 11.1. The van der Waals surface area contributed by atoms with Gasteiger partial charge in [-0.3, -0.25) is 4.79 Å². The van der Waals surface area contributed by atoms with Crippen LogP contribution in [0, 0.1) is 0 Å². The molecule has 0 aliphatic carbocycles. The van der Waals surface area contributed by atoms with Gasteiger partial charge in [0.2, 0.25) is 0 Å². The van der Waals surface area contributed by atoms with Gasteiger partial charge in [-0.1, -0.05) is 12.2 Å². The van der Waals surface area contributed by atoms with Crippen LogP contribution in [0.25, 0.3) is 0 Å². The molecule has 0 aromatic carbocycles. The summed E-state index contributed by atoms with van der Waals surface area (Å²) >= 11 is 0. The van der Waals surface area contributed by atoms with Gasteiger partial charge in [0.25, 0.3) is 0 Å². The van der Waals surface area contributed by atoms with Crippen LogP contribution in [0.2, 0.25) is 0 Å². The third-order valence-corrected chi connectivity index (χ3v) is 2.11. The summed E-state index contributed by atoms with van der Waals surface area (Å²) < 4.78 is 5.00. The van der Waals surface area contributed by atoms with Gasteiger partial charge in [0, 0.05) is 12.8 Å². The van der Waals surface area contributed by atoms with Crippen LogP contribution in [0.15, 0.2) is 12.2 Å². The fourth-order valence-electron chi connectivity index (χ4n) is 1.37. The minimum Gasteiger partial charge on any atom is -0.463 e. The second-order valence-corrected chi connectivity index (χ2v) is 3.59. The zero-order valence-electron chi connectivity index (χ0n) is 8.22. The Kier molecular flexibility index (Phi) is 4.10. The zero-order chi connectivity index (χ0) is 10.6. The number of aliphatic hydroxyl groups is 2. The van der Waals surface area contributed by atoms with Crippen molar-refractivity contribution in [2.75, 3.05) is 0 Å². The molecule has 80 valence electrons. The molecule has 0 amide bonds. The summed E-state index contributed by atoms with van der Waals surface area (Å²) in [7, 11) is 0. The zero-order valence-corrected chi connectivity index (χ0v) is 8.22. The van der Waals surface area contributed by atoms with Crippen LogP contribution < -0.4 is 0 Å². The van der Waals surface area contributed by atoms with Crippen LogP contribution >= 0.6 is 0 Å². The Labute approximate surface area is 83.2 Å². The van der Waals surface area contributed by atoms with Crippen molar-refractivity contribution in [1.29, 1.82) is 0 Å². The molecule has 0 aromatic heterocycles. The summed E-state index contributed by atoms with van der Waals surface area (Å²) in [5.41, 5.74) is 0. The quantitative estimate of drug-likeness (QED) is 0.438. The molecule has 0 unspecified atom stereocenters. The highest BCUT2D eigenvalue weighted by Crippen LogP contribution is 2.10. The van der Waals surface area contributed by atoms with Crippen molar-refractivity contribution in [3.63, 3.8) is 0 Å². The first kappa shape index (κ1) is 11.2. The Bertz CT molecular complexity index is 224. The highest BCUT2D eigenvalue weighted by molar-refractivity contribution is 5.69. The molecule has 1 rings (SSSR count). The molecule has 0 saturated carbocycles. The lowest BCUT2D eigenvalue weighted by Crippen LogP contribution is -2.22. The summed E-state index contributed by atoms with van der Waals surface area (Å²) in [5, 5.41) is 18.7. The second-order valence-electron chi connectivity index (χ2n) is 3.59. The van der Waals surface area contributed by atoms with Gasteiger partial charge >= 0.3 is 5.97 Å². The minimum atomic E-state index is -0.675. The lowest BCUT2D eigenvalue weighted by atomic mass is 10.1. The van der Waals surface area contributed by atoms with E-state index in [1.807, 2.05) is 0 Å². The van der Waals surface area contributed by atoms with E-state index in [9.17, 15) is 15.0 Å². The van der Waals surface area contributed by atoms with Crippen molar-refractivity contribution in [3.05, 3.63) is 12.2 Å². The molecule has 0 spiro atoms. The van der Waals surface area contributed by atoms with Crippen molar-refractivity contribution in [3.8, 4) is 0 Å². The van der Waals surface area contributed by atoms with E-state index in [4.69, 9.17) is 4.74 Å². The van der Waals surface area contributed by atoms with Crippen molar-refractivity contribution in [2.24, 2.45) is 0 Å². The second kappa shape index (κ2) is 5.12. The number of rotatable bonds is 0. The summed E-state index contributed by atoms with van der Waals surface area (Å²) in [6, 6.07) is 0. The van der Waals surface area contributed by atoms with E-state index in [0.29, 0.717) is 12.8 Å². The van der Waals surface area contributed by atoms with Gasteiger partial charge in [0.1, 0.15) is 6.10 Å². The molecule has 0 aromatic rings. The van der Waals surface area contributed by atoms with E-state index in [-0.39, 0.29) is 18.5 Å². The summed E-state index contributed by atoms with van der Waals surface area (Å²) in [6.07, 6.45) is 2.37. The standard InChI is InChI=1S/C10H16O4/c1-7-6-9(12)3-2-8(11)4-5-10(13)14-7/h2-3,7-9,11-12H,4-6H2,1H3/t7-,8-,9-/m0/s1. The maximum atomic E-state index is 11.1. The molecule has 0 bridgehead atoms. The third kappa shape index (κ3) is 3.89. The van der Waals surface area contributed by atoms with Crippen LogP contribution in [-0.4, -0.2) is 34.5 Å². The van der Waals surface area contributed by atoms with Crippen molar-refractivity contribution < 1.29 is 19.7 Å². The molecule has 0 radical (unpaired) electrons. The Morgan fingerprint density at radius 2 is 2.00 bits per heavy atom. The molecule has 0 fully saturated rings. The lowest BCUT2D eigenvalue weighted by Gasteiger charge is -2.17. The Morgan fingerprint density at radius 1 is 1.36 bits per heavy atom. The molecule has 4 heteroatoms. The van der Waals surface area contributed by atoms with Gasteiger partial charge in [-0.05, 0) is 13.3 Å². The Balaban J connectivity index is 2.60. The van der Waals surface area contributed by atoms with Gasteiger partial charge < -0.3 is 14.9 Å². The molecule has 2 N–H and O–H groups in total. The fourth-order valence-corrected chi connectivity index (χ4v) is 1.37. The van der Waals surface area contributed by atoms with Gasteiger partial charge in [0.15, 0.2) is 0 Å². The van der Waals surface area contributed by atoms with E-state index >= 15 is 0 Å². The molecule has 1 aliphatic rings. The van der Waals surface area contributed by atoms with Gasteiger partial charge in [0.05, 0.1) is 12.2 Å². The lowest BCUT2D eigenvalue weighted by molar-refractivity contribution is -0.149. The first-order valence-corrected chi connectivity index (χ1v) is 4.82. The normalized spacial score (nSPS) is 35.1. The highest BCUT2D eigenvalue weighted by Gasteiger charge is 2.16. The molecule has 3 atom stereocenters. The fraction of sp³-hybridized carbons (Fsp3) is 0.700. The number of hydrogen-bond donors (Lipinski definition) is 2. The van der Waals surface area contributed by atoms with Crippen LogP contribution in [-0.2, 0) is 9.53 Å². The van der Waals surface area contributed by atoms with Crippen molar-refractivity contribution in [1.82, 2.24) is 0 Å². The van der Waals surface area contributed by atoms with Crippen molar-refractivity contribution >= 4 is 5.97 Å². The SMILES string of the molecule is C[C@H]1C[C@@H](O)C=C[C@H](O)CCC(=O)O1. The predicted molar refractivity (Wildman–Crippen MR) is 50.6 cm³/mol. The van der Waals surface area contributed by atoms with E-state index in [2.05, 4.69) is 0 Å². The number of esters is 1. The van der Waals surface area contributed by atoms with Crippen molar-refractivity contribution in [2.45, 2.75) is 44.5 Å². The Morgan fingerprint density at radius 3 is 2.71 bits per heavy atom. The first-order valence-electron chi connectivity index (χ1n) is 4.82. The van der Waals surface area contributed by atoms with Crippen LogP contribution in [0.3, 0.4) is 0 Å². The first-order chi connectivity index (χ1) is 6.58. The van der Waals surface area contributed by atoms with E-state index < -0.39 is 12.2 Å². The van der Waals surface area contributed by atoms with E-state index in [0.717, 1.165) is 0 Å². The Hall–Kier alpha value is -0.870. The maximum absolute atomic E-state index is 11.1. The average Bonchev–Trinajstić information content (AvgIpc) is 2.10. The molecule has 0 saturated heterocycles.